The molecule has 0 saturated heterocycles. The topological polar surface area (TPSA) is 0 Å². The Labute approximate surface area is 72.4 Å². The fourth-order valence-corrected chi connectivity index (χ4v) is 2.03. The monoisotopic (exact) mass is 248 g/mol. The van der Waals surface area contributed by atoms with E-state index in [0.717, 1.165) is 4.88 Å². The summed E-state index contributed by atoms with van der Waals surface area (Å²) in [5.41, 5.74) is 0. The van der Waals surface area contributed by atoms with E-state index in [4.69, 9.17) is 0 Å². The minimum atomic E-state index is 1.15. The van der Waals surface area contributed by atoms with Crippen molar-refractivity contribution < 1.29 is 0 Å². The van der Waals surface area contributed by atoms with Crippen LogP contribution in [0.1, 0.15) is 11.8 Å². The fourth-order valence-electron chi connectivity index (χ4n) is 0.505. The van der Waals surface area contributed by atoms with E-state index in [1.807, 2.05) is 13.0 Å². The highest BCUT2D eigenvalue weighted by Crippen LogP contribution is 2.16. The highest BCUT2D eigenvalue weighted by molar-refractivity contribution is 14.1. The minimum Gasteiger partial charge on any atom is -0.121 e. The lowest BCUT2D eigenvalue weighted by Gasteiger charge is -1.71. The molecule has 1 aromatic rings. The van der Waals surface area contributed by atoms with Gasteiger partial charge in [0.05, 0.1) is 7.76 Å². The summed E-state index contributed by atoms with van der Waals surface area (Å²) in [4.78, 5) is 1.15. The average molecular weight is 248 g/mol. The standard InChI is InChI=1S/C7H5IS/c1-2-3-6-4-5-7(8)9-6/h4-5H,1H3. The van der Waals surface area contributed by atoms with Gasteiger partial charge in [0.2, 0.25) is 0 Å². The normalized spacial score (nSPS) is 8.22. The number of halogens is 1. The molecule has 0 spiro atoms. The van der Waals surface area contributed by atoms with Gasteiger partial charge in [0.15, 0.2) is 0 Å². The van der Waals surface area contributed by atoms with Gasteiger partial charge in [-0.3, -0.25) is 0 Å². The van der Waals surface area contributed by atoms with Crippen molar-refractivity contribution >= 4 is 33.9 Å². The molecule has 1 rings (SSSR count). The molecule has 0 saturated carbocycles. The molecule has 0 aliphatic carbocycles. The molecular weight excluding hydrogens is 243 g/mol. The first kappa shape index (κ1) is 7.10. The van der Waals surface area contributed by atoms with Crippen LogP contribution in [0.2, 0.25) is 0 Å². The molecule has 2 heteroatoms. The van der Waals surface area contributed by atoms with Crippen LogP contribution < -0.4 is 0 Å². The lowest BCUT2D eigenvalue weighted by Crippen LogP contribution is -1.54. The Morgan fingerprint density at radius 2 is 2.33 bits per heavy atom. The largest absolute Gasteiger partial charge is 0.121 e. The molecule has 0 radical (unpaired) electrons. The highest BCUT2D eigenvalue weighted by Gasteiger charge is 1.89. The van der Waals surface area contributed by atoms with Crippen molar-refractivity contribution in [2.75, 3.05) is 0 Å². The second-order valence-corrected chi connectivity index (χ2v) is 4.46. The first-order valence-electron chi connectivity index (χ1n) is 2.51. The van der Waals surface area contributed by atoms with Gasteiger partial charge < -0.3 is 0 Å². The van der Waals surface area contributed by atoms with Gasteiger partial charge in [-0.25, -0.2) is 0 Å². The minimum absolute atomic E-state index is 1.15. The van der Waals surface area contributed by atoms with Crippen molar-refractivity contribution in [1.29, 1.82) is 0 Å². The Bertz CT molecular complexity index is 251. The van der Waals surface area contributed by atoms with Gasteiger partial charge in [0.1, 0.15) is 0 Å². The maximum atomic E-state index is 2.99. The SMILES string of the molecule is CC#Cc1ccc(I)s1. The van der Waals surface area contributed by atoms with Crippen molar-refractivity contribution in [2.45, 2.75) is 6.92 Å². The smallest absolute Gasteiger partial charge is 0.0779 e. The average Bonchev–Trinajstić information content (AvgIpc) is 2.17. The van der Waals surface area contributed by atoms with Crippen LogP contribution >= 0.6 is 33.9 Å². The van der Waals surface area contributed by atoms with Gasteiger partial charge in [0, 0.05) is 0 Å². The number of hydrogen-bond acceptors (Lipinski definition) is 1. The van der Waals surface area contributed by atoms with Crippen LogP contribution in [0.3, 0.4) is 0 Å². The van der Waals surface area contributed by atoms with Crippen LogP contribution in [0.25, 0.3) is 0 Å². The van der Waals surface area contributed by atoms with Crippen molar-refractivity contribution in [3.63, 3.8) is 0 Å². The van der Waals surface area contributed by atoms with Gasteiger partial charge in [-0.2, -0.15) is 0 Å². The van der Waals surface area contributed by atoms with Crippen molar-refractivity contribution in [3.05, 3.63) is 19.9 Å². The molecule has 9 heavy (non-hydrogen) atoms. The summed E-state index contributed by atoms with van der Waals surface area (Å²) >= 11 is 4.02. The zero-order chi connectivity index (χ0) is 6.69. The molecule has 0 atom stereocenters. The molecule has 0 unspecified atom stereocenters. The van der Waals surface area contributed by atoms with E-state index in [9.17, 15) is 0 Å². The van der Waals surface area contributed by atoms with Crippen LogP contribution in [0.4, 0.5) is 0 Å². The molecule has 0 amide bonds. The highest BCUT2D eigenvalue weighted by atomic mass is 127. The Morgan fingerprint density at radius 1 is 1.56 bits per heavy atom. The van der Waals surface area contributed by atoms with Crippen LogP contribution in [-0.4, -0.2) is 0 Å². The second kappa shape index (κ2) is 3.23. The Balaban J connectivity index is 2.93. The molecule has 0 aliphatic heterocycles. The summed E-state index contributed by atoms with van der Waals surface area (Å²) in [6, 6.07) is 4.12. The van der Waals surface area contributed by atoms with Crippen LogP contribution in [0.5, 0.6) is 0 Å². The molecule has 0 fully saturated rings. The zero-order valence-corrected chi connectivity index (χ0v) is 7.91. The van der Waals surface area contributed by atoms with Gasteiger partial charge in [0.25, 0.3) is 0 Å². The van der Waals surface area contributed by atoms with Gasteiger partial charge in [-0.15, -0.1) is 17.3 Å². The van der Waals surface area contributed by atoms with E-state index in [1.165, 1.54) is 2.88 Å². The van der Waals surface area contributed by atoms with E-state index in [0.29, 0.717) is 0 Å². The maximum absolute atomic E-state index is 2.99. The Morgan fingerprint density at radius 3 is 2.78 bits per heavy atom. The molecule has 0 bridgehead atoms. The van der Waals surface area contributed by atoms with Crippen molar-refractivity contribution in [3.8, 4) is 11.8 Å². The van der Waals surface area contributed by atoms with Gasteiger partial charge in [-0.1, -0.05) is 5.92 Å². The quantitative estimate of drug-likeness (QED) is 0.489. The number of thiophene rings is 1. The second-order valence-electron chi connectivity index (χ2n) is 1.48. The number of rotatable bonds is 0. The van der Waals surface area contributed by atoms with E-state index in [2.05, 4.69) is 40.5 Å². The summed E-state index contributed by atoms with van der Waals surface area (Å²) in [6.45, 7) is 1.85. The van der Waals surface area contributed by atoms with Crippen molar-refractivity contribution in [2.24, 2.45) is 0 Å². The Hall–Kier alpha value is -0.0100. The number of hydrogen-bond donors (Lipinski definition) is 0. The van der Waals surface area contributed by atoms with E-state index < -0.39 is 0 Å². The molecule has 46 valence electrons. The Kier molecular flexibility index (Phi) is 2.55. The summed E-state index contributed by atoms with van der Waals surface area (Å²) in [5.74, 6) is 5.85. The lowest BCUT2D eigenvalue weighted by molar-refractivity contribution is 1.86. The molecule has 1 aromatic heterocycles. The van der Waals surface area contributed by atoms with Crippen LogP contribution in [0, 0.1) is 14.7 Å². The van der Waals surface area contributed by atoms with Crippen LogP contribution in [0.15, 0.2) is 12.1 Å². The predicted octanol–water partition coefficient (Wildman–Crippen LogP) is 2.72. The third-order valence-electron chi connectivity index (χ3n) is 0.821. The molecule has 0 aromatic carbocycles. The zero-order valence-electron chi connectivity index (χ0n) is 4.94. The van der Waals surface area contributed by atoms with Gasteiger partial charge in [-0.05, 0) is 41.6 Å². The fraction of sp³-hybridized carbons (Fsp3) is 0.143. The summed E-state index contributed by atoms with van der Waals surface area (Å²) in [5, 5.41) is 0. The van der Waals surface area contributed by atoms with Gasteiger partial charge >= 0.3 is 0 Å². The van der Waals surface area contributed by atoms with Crippen molar-refractivity contribution in [1.82, 2.24) is 0 Å². The summed E-state index contributed by atoms with van der Waals surface area (Å²) < 4.78 is 1.30. The summed E-state index contributed by atoms with van der Waals surface area (Å²) in [6.07, 6.45) is 0. The molecule has 1 heterocycles. The third-order valence-corrected chi connectivity index (χ3v) is 2.63. The van der Waals surface area contributed by atoms with E-state index in [1.54, 1.807) is 11.3 Å². The molecule has 0 aliphatic rings. The molecular formula is C7H5IS. The first-order chi connectivity index (χ1) is 4.33. The van der Waals surface area contributed by atoms with E-state index in [-0.39, 0.29) is 0 Å². The van der Waals surface area contributed by atoms with Crippen LogP contribution in [-0.2, 0) is 0 Å². The molecule has 0 N–H and O–H groups in total. The third kappa shape index (κ3) is 1.99. The lowest BCUT2D eigenvalue weighted by atomic mass is 10.5. The first-order valence-corrected chi connectivity index (χ1v) is 4.40. The maximum Gasteiger partial charge on any atom is 0.0779 e. The predicted molar refractivity (Wildman–Crippen MR) is 49.6 cm³/mol. The molecule has 0 nitrogen and oxygen atoms in total. The summed E-state index contributed by atoms with van der Waals surface area (Å²) in [7, 11) is 0. The van der Waals surface area contributed by atoms with E-state index >= 15 is 0 Å².